The summed E-state index contributed by atoms with van der Waals surface area (Å²) in [4.78, 5) is 39.7. The molecular weight excluding hydrogens is 470 g/mol. The fourth-order valence-electron chi connectivity index (χ4n) is 3.83. The van der Waals surface area contributed by atoms with Crippen LogP contribution in [0, 0.1) is 0 Å². The minimum absolute atomic E-state index is 0.0484. The standard InChI is InChI=1S/C26H24ClN3O5/c1-34-22-12-19-21(13-23(22)35-2)29(16-24(31)28-14-17-8-4-3-5-9-17)26(33)30(25(19)32)15-18-10-6-7-11-20(18)27/h3-13H,14-16H2,1-2H3,(H,28,31). The van der Waals surface area contributed by atoms with Gasteiger partial charge in [-0.2, -0.15) is 0 Å². The smallest absolute Gasteiger partial charge is 0.332 e. The van der Waals surface area contributed by atoms with Crippen LogP contribution < -0.4 is 26.0 Å². The Balaban J connectivity index is 1.81. The van der Waals surface area contributed by atoms with Crippen molar-refractivity contribution in [1.29, 1.82) is 0 Å². The normalized spacial score (nSPS) is 10.8. The summed E-state index contributed by atoms with van der Waals surface area (Å²) < 4.78 is 13.0. The molecule has 8 nitrogen and oxygen atoms in total. The highest BCUT2D eigenvalue weighted by Crippen LogP contribution is 2.30. The van der Waals surface area contributed by atoms with Crippen LogP contribution in [-0.4, -0.2) is 29.3 Å². The zero-order chi connectivity index (χ0) is 24.9. The second-order valence-corrected chi connectivity index (χ2v) is 8.25. The summed E-state index contributed by atoms with van der Waals surface area (Å²) in [6.45, 7) is -0.0313. The summed E-state index contributed by atoms with van der Waals surface area (Å²) in [5, 5.41) is 3.46. The molecule has 3 aromatic carbocycles. The molecule has 0 atom stereocenters. The van der Waals surface area contributed by atoms with Gasteiger partial charge in [0.15, 0.2) is 11.5 Å². The number of methoxy groups -OCH3 is 2. The molecule has 0 aliphatic rings. The molecule has 0 aliphatic heterocycles. The summed E-state index contributed by atoms with van der Waals surface area (Å²) in [6.07, 6.45) is 0. The second-order valence-electron chi connectivity index (χ2n) is 7.84. The average Bonchev–Trinajstić information content (AvgIpc) is 2.88. The van der Waals surface area contributed by atoms with Crippen molar-refractivity contribution in [3.63, 3.8) is 0 Å². The van der Waals surface area contributed by atoms with E-state index in [-0.39, 0.29) is 29.9 Å². The zero-order valence-corrected chi connectivity index (χ0v) is 20.0. The first-order valence-corrected chi connectivity index (χ1v) is 11.2. The van der Waals surface area contributed by atoms with E-state index in [2.05, 4.69) is 5.32 Å². The molecular formula is C26H24ClN3O5. The van der Waals surface area contributed by atoms with Crippen LogP contribution in [0.1, 0.15) is 11.1 Å². The molecule has 0 radical (unpaired) electrons. The molecule has 4 rings (SSSR count). The van der Waals surface area contributed by atoms with Crippen molar-refractivity contribution < 1.29 is 14.3 Å². The molecule has 0 saturated heterocycles. The van der Waals surface area contributed by atoms with Crippen molar-refractivity contribution in [3.8, 4) is 11.5 Å². The van der Waals surface area contributed by atoms with Crippen molar-refractivity contribution in [2.24, 2.45) is 0 Å². The number of hydrogen-bond acceptors (Lipinski definition) is 5. The largest absolute Gasteiger partial charge is 0.493 e. The number of fused-ring (bicyclic) bond motifs is 1. The molecule has 0 unspecified atom stereocenters. The minimum Gasteiger partial charge on any atom is -0.493 e. The average molecular weight is 494 g/mol. The Bertz CT molecular complexity index is 1500. The van der Waals surface area contributed by atoms with Crippen molar-refractivity contribution in [1.82, 2.24) is 14.5 Å². The molecule has 0 saturated carbocycles. The van der Waals surface area contributed by atoms with Crippen LogP contribution in [0.25, 0.3) is 10.9 Å². The Morgan fingerprint density at radius 3 is 2.26 bits per heavy atom. The Kier molecular flexibility index (Phi) is 7.22. The maximum absolute atomic E-state index is 13.5. The first-order valence-electron chi connectivity index (χ1n) is 10.9. The minimum atomic E-state index is -0.635. The molecule has 1 aromatic heterocycles. The van der Waals surface area contributed by atoms with Crippen LogP contribution in [0.5, 0.6) is 11.5 Å². The van der Waals surface area contributed by atoms with Gasteiger partial charge in [-0.1, -0.05) is 60.1 Å². The lowest BCUT2D eigenvalue weighted by atomic mass is 10.2. The molecule has 0 spiro atoms. The van der Waals surface area contributed by atoms with Crippen LogP contribution >= 0.6 is 11.6 Å². The van der Waals surface area contributed by atoms with Gasteiger partial charge in [0.1, 0.15) is 6.54 Å². The van der Waals surface area contributed by atoms with Gasteiger partial charge in [-0.3, -0.25) is 18.7 Å². The van der Waals surface area contributed by atoms with Crippen LogP contribution in [0.4, 0.5) is 0 Å². The van der Waals surface area contributed by atoms with E-state index in [0.29, 0.717) is 28.6 Å². The van der Waals surface area contributed by atoms with Gasteiger partial charge in [-0.15, -0.1) is 0 Å². The van der Waals surface area contributed by atoms with Gasteiger partial charge < -0.3 is 14.8 Å². The third kappa shape index (κ3) is 5.07. The van der Waals surface area contributed by atoms with E-state index in [4.69, 9.17) is 21.1 Å². The molecule has 4 aromatic rings. The fraction of sp³-hybridized carbons (Fsp3) is 0.192. The zero-order valence-electron chi connectivity index (χ0n) is 19.3. The lowest BCUT2D eigenvalue weighted by Crippen LogP contribution is -2.42. The van der Waals surface area contributed by atoms with Gasteiger partial charge in [0.25, 0.3) is 5.56 Å². The van der Waals surface area contributed by atoms with Crippen molar-refractivity contribution in [2.45, 2.75) is 19.6 Å². The highest BCUT2D eigenvalue weighted by molar-refractivity contribution is 6.31. The number of aromatic nitrogens is 2. The van der Waals surface area contributed by atoms with Gasteiger partial charge in [0.05, 0.1) is 31.7 Å². The molecule has 1 N–H and O–H groups in total. The van der Waals surface area contributed by atoms with E-state index in [1.807, 2.05) is 30.3 Å². The van der Waals surface area contributed by atoms with Crippen LogP contribution in [0.3, 0.4) is 0 Å². The Hall–Kier alpha value is -4.04. The number of rotatable bonds is 8. The Morgan fingerprint density at radius 1 is 0.914 bits per heavy atom. The number of carbonyl (C=O) groups is 1. The molecule has 0 bridgehead atoms. The SMILES string of the molecule is COc1cc2c(=O)n(Cc3ccccc3Cl)c(=O)n(CC(=O)NCc3ccccc3)c2cc1OC. The Morgan fingerprint density at radius 2 is 1.57 bits per heavy atom. The maximum Gasteiger partial charge on any atom is 0.332 e. The van der Waals surface area contributed by atoms with E-state index in [1.54, 1.807) is 24.3 Å². The number of nitrogens with zero attached hydrogens (tertiary/aromatic N) is 2. The molecule has 0 aliphatic carbocycles. The van der Waals surface area contributed by atoms with Gasteiger partial charge >= 0.3 is 5.69 Å². The molecule has 35 heavy (non-hydrogen) atoms. The third-order valence-electron chi connectivity index (χ3n) is 5.65. The molecule has 180 valence electrons. The summed E-state index contributed by atoms with van der Waals surface area (Å²) in [5.74, 6) is 0.288. The lowest BCUT2D eigenvalue weighted by molar-refractivity contribution is -0.121. The number of carbonyl (C=O) groups excluding carboxylic acids is 1. The number of ether oxygens (including phenoxy) is 2. The lowest BCUT2D eigenvalue weighted by Gasteiger charge is -2.17. The van der Waals surface area contributed by atoms with E-state index in [0.717, 1.165) is 10.1 Å². The number of benzene rings is 3. The van der Waals surface area contributed by atoms with Crippen molar-refractivity contribution in [2.75, 3.05) is 14.2 Å². The summed E-state index contributed by atoms with van der Waals surface area (Å²) in [5.41, 5.74) is 0.639. The number of nitrogens with one attached hydrogen (secondary N) is 1. The summed E-state index contributed by atoms with van der Waals surface area (Å²) in [6, 6.07) is 19.4. The first kappa shape index (κ1) is 24.1. The van der Waals surface area contributed by atoms with Crippen molar-refractivity contribution in [3.05, 3.63) is 104 Å². The van der Waals surface area contributed by atoms with Crippen molar-refractivity contribution >= 4 is 28.4 Å². The van der Waals surface area contributed by atoms with E-state index >= 15 is 0 Å². The van der Waals surface area contributed by atoms with Crippen LogP contribution in [0.2, 0.25) is 5.02 Å². The summed E-state index contributed by atoms with van der Waals surface area (Å²) in [7, 11) is 2.91. The predicted molar refractivity (Wildman–Crippen MR) is 134 cm³/mol. The monoisotopic (exact) mass is 493 g/mol. The molecule has 1 amide bonds. The summed E-state index contributed by atoms with van der Waals surface area (Å²) >= 11 is 6.28. The van der Waals surface area contributed by atoms with E-state index < -0.39 is 11.2 Å². The van der Waals surface area contributed by atoms with Gasteiger partial charge in [0, 0.05) is 17.6 Å². The first-order chi connectivity index (χ1) is 16.9. The van der Waals surface area contributed by atoms with E-state index in [9.17, 15) is 14.4 Å². The number of hydrogen-bond donors (Lipinski definition) is 1. The molecule has 9 heteroatoms. The quantitative estimate of drug-likeness (QED) is 0.407. The molecule has 1 heterocycles. The highest BCUT2D eigenvalue weighted by atomic mass is 35.5. The number of halogens is 1. The van der Waals surface area contributed by atoms with Gasteiger partial charge in [-0.25, -0.2) is 4.79 Å². The predicted octanol–water partition coefficient (Wildman–Crippen LogP) is 3.20. The van der Waals surface area contributed by atoms with Crippen LogP contribution in [0.15, 0.2) is 76.3 Å². The third-order valence-corrected chi connectivity index (χ3v) is 6.02. The van der Waals surface area contributed by atoms with Gasteiger partial charge in [0.2, 0.25) is 5.91 Å². The highest BCUT2D eigenvalue weighted by Gasteiger charge is 2.19. The Labute approximate surface area is 206 Å². The topological polar surface area (TPSA) is 91.6 Å². The van der Waals surface area contributed by atoms with Gasteiger partial charge in [-0.05, 0) is 23.3 Å². The molecule has 0 fully saturated rings. The number of amides is 1. The fourth-order valence-corrected chi connectivity index (χ4v) is 4.02. The maximum atomic E-state index is 13.5. The van der Waals surface area contributed by atoms with Crippen LogP contribution in [-0.2, 0) is 24.4 Å². The van der Waals surface area contributed by atoms with E-state index in [1.165, 1.54) is 30.9 Å². The second kappa shape index (κ2) is 10.5.